The average Bonchev–Trinajstić information content (AvgIpc) is 2.51. The summed E-state index contributed by atoms with van der Waals surface area (Å²) in [6, 6.07) is 12.2. The Kier molecular flexibility index (Phi) is 5.55. The third-order valence-corrected chi connectivity index (χ3v) is 3.53. The van der Waals surface area contributed by atoms with Crippen molar-refractivity contribution in [1.82, 2.24) is 5.43 Å². The second-order valence-electron chi connectivity index (χ2n) is 4.53. The molecular weight excluding hydrogens is 348 g/mol. The summed E-state index contributed by atoms with van der Waals surface area (Å²) in [4.78, 5) is 11.8. The van der Waals surface area contributed by atoms with Gasteiger partial charge in [0.1, 0.15) is 11.5 Å². The number of rotatable bonds is 5. The van der Waals surface area contributed by atoms with E-state index in [1.165, 1.54) is 6.21 Å². The first-order valence-electron chi connectivity index (χ1n) is 6.52. The van der Waals surface area contributed by atoms with E-state index >= 15 is 0 Å². The number of benzene rings is 2. The van der Waals surface area contributed by atoms with Crippen molar-refractivity contribution in [3.63, 3.8) is 0 Å². The molecule has 0 fully saturated rings. The number of halogens is 1. The lowest BCUT2D eigenvalue weighted by molar-refractivity contribution is -0.120. The van der Waals surface area contributed by atoms with E-state index in [0.29, 0.717) is 4.47 Å². The number of ether oxygens (including phenoxy) is 1. The van der Waals surface area contributed by atoms with Gasteiger partial charge >= 0.3 is 0 Å². The van der Waals surface area contributed by atoms with Gasteiger partial charge in [0.25, 0.3) is 0 Å². The number of phenolic OH excluding ortho intramolecular Hbond substituents is 1. The second kappa shape index (κ2) is 7.61. The topological polar surface area (TPSA) is 70.9 Å². The van der Waals surface area contributed by atoms with Crippen LogP contribution in [0.15, 0.2) is 52.0 Å². The minimum atomic E-state index is -0.209. The lowest BCUT2D eigenvalue weighted by Crippen LogP contribution is -2.19. The smallest absolute Gasteiger partial charge is 0.244 e. The summed E-state index contributed by atoms with van der Waals surface area (Å²) >= 11 is 3.21. The number of carbonyl (C=O) groups excluding carboxylic acids is 1. The lowest BCUT2D eigenvalue weighted by Gasteiger charge is -2.03. The van der Waals surface area contributed by atoms with Crippen LogP contribution < -0.4 is 10.2 Å². The van der Waals surface area contributed by atoms with Crippen molar-refractivity contribution in [2.24, 2.45) is 5.10 Å². The van der Waals surface area contributed by atoms with Gasteiger partial charge in [0, 0.05) is 0 Å². The fraction of sp³-hybridized carbons (Fsp3) is 0.125. The summed E-state index contributed by atoms with van der Waals surface area (Å²) < 4.78 is 5.63. The predicted octanol–water partition coefficient (Wildman–Crippen LogP) is 2.86. The van der Waals surface area contributed by atoms with Crippen LogP contribution in [0.25, 0.3) is 0 Å². The Morgan fingerprint density at radius 3 is 2.68 bits per heavy atom. The largest absolute Gasteiger partial charge is 0.507 e. The Hall–Kier alpha value is -2.34. The first-order chi connectivity index (χ1) is 10.6. The molecule has 0 saturated heterocycles. The van der Waals surface area contributed by atoms with E-state index in [1.807, 2.05) is 12.1 Å². The summed E-state index contributed by atoms with van der Waals surface area (Å²) in [5, 5.41) is 13.3. The summed E-state index contributed by atoms with van der Waals surface area (Å²) in [6.45, 7) is 0. The monoisotopic (exact) mass is 362 g/mol. The maximum atomic E-state index is 11.8. The minimum absolute atomic E-state index is 0.153. The molecule has 6 heteroatoms. The van der Waals surface area contributed by atoms with Crippen LogP contribution in [0.5, 0.6) is 11.5 Å². The molecule has 0 aromatic heterocycles. The summed E-state index contributed by atoms with van der Waals surface area (Å²) in [7, 11) is 1.60. The Morgan fingerprint density at radius 2 is 2.05 bits per heavy atom. The molecule has 2 aromatic rings. The van der Waals surface area contributed by atoms with Crippen molar-refractivity contribution < 1.29 is 14.6 Å². The number of amides is 1. The Bertz CT molecular complexity index is 684. The molecule has 22 heavy (non-hydrogen) atoms. The Labute approximate surface area is 136 Å². The van der Waals surface area contributed by atoms with Crippen LogP contribution in [-0.4, -0.2) is 24.3 Å². The van der Waals surface area contributed by atoms with Crippen molar-refractivity contribution in [2.45, 2.75) is 6.42 Å². The van der Waals surface area contributed by atoms with Gasteiger partial charge in [0.05, 0.1) is 24.2 Å². The molecular formula is C16H15BrN2O3. The molecule has 0 heterocycles. The van der Waals surface area contributed by atoms with Crippen LogP contribution in [0.3, 0.4) is 0 Å². The van der Waals surface area contributed by atoms with Crippen LogP contribution in [0.1, 0.15) is 11.1 Å². The molecule has 0 bridgehead atoms. The number of hydrogen-bond acceptors (Lipinski definition) is 4. The number of aromatic hydroxyl groups is 1. The van der Waals surface area contributed by atoms with Gasteiger partial charge < -0.3 is 9.84 Å². The van der Waals surface area contributed by atoms with Crippen LogP contribution in [0.2, 0.25) is 0 Å². The molecule has 0 radical (unpaired) electrons. The van der Waals surface area contributed by atoms with Crippen molar-refractivity contribution in [2.75, 3.05) is 7.11 Å². The predicted molar refractivity (Wildman–Crippen MR) is 88.2 cm³/mol. The van der Waals surface area contributed by atoms with Gasteiger partial charge in [0.2, 0.25) is 5.91 Å². The molecule has 0 spiro atoms. The lowest BCUT2D eigenvalue weighted by atomic mass is 10.1. The number of phenols is 1. The zero-order valence-electron chi connectivity index (χ0n) is 11.9. The SMILES string of the molecule is COc1ccc(CC(=O)N/N=C\c2ccc(O)c(Br)c2)cc1. The summed E-state index contributed by atoms with van der Waals surface area (Å²) in [5.74, 6) is 0.694. The molecule has 2 aromatic carbocycles. The van der Waals surface area contributed by atoms with Gasteiger partial charge in [-0.05, 0) is 57.4 Å². The third kappa shape index (κ3) is 4.60. The van der Waals surface area contributed by atoms with E-state index < -0.39 is 0 Å². The third-order valence-electron chi connectivity index (χ3n) is 2.90. The van der Waals surface area contributed by atoms with E-state index in [0.717, 1.165) is 16.9 Å². The highest BCUT2D eigenvalue weighted by Crippen LogP contribution is 2.23. The molecule has 0 aliphatic carbocycles. The molecule has 0 unspecified atom stereocenters. The van der Waals surface area contributed by atoms with Gasteiger partial charge in [-0.25, -0.2) is 5.43 Å². The standard InChI is InChI=1S/C16H15BrN2O3/c1-22-13-5-2-11(3-6-13)9-16(21)19-18-10-12-4-7-15(20)14(17)8-12/h2-8,10,20H,9H2,1H3,(H,19,21)/b18-10-. The Balaban J connectivity index is 1.88. The molecule has 0 saturated carbocycles. The van der Waals surface area contributed by atoms with Crippen LogP contribution in [-0.2, 0) is 11.2 Å². The molecule has 114 valence electrons. The highest BCUT2D eigenvalue weighted by molar-refractivity contribution is 9.10. The van der Waals surface area contributed by atoms with Crippen LogP contribution in [0, 0.1) is 0 Å². The average molecular weight is 363 g/mol. The minimum Gasteiger partial charge on any atom is -0.507 e. The van der Waals surface area contributed by atoms with Crippen molar-refractivity contribution in [3.8, 4) is 11.5 Å². The van der Waals surface area contributed by atoms with Gasteiger partial charge in [-0.2, -0.15) is 5.10 Å². The maximum absolute atomic E-state index is 11.8. The van der Waals surface area contributed by atoms with Crippen molar-refractivity contribution in [1.29, 1.82) is 0 Å². The number of nitrogens with zero attached hydrogens (tertiary/aromatic N) is 1. The number of hydrogen-bond donors (Lipinski definition) is 2. The van der Waals surface area contributed by atoms with E-state index in [4.69, 9.17) is 4.74 Å². The van der Waals surface area contributed by atoms with Crippen molar-refractivity contribution in [3.05, 3.63) is 58.1 Å². The molecule has 1 amide bonds. The molecule has 5 nitrogen and oxygen atoms in total. The highest BCUT2D eigenvalue weighted by Gasteiger charge is 2.02. The number of methoxy groups -OCH3 is 1. The molecule has 0 aliphatic rings. The zero-order chi connectivity index (χ0) is 15.9. The van der Waals surface area contributed by atoms with E-state index in [1.54, 1.807) is 37.4 Å². The van der Waals surface area contributed by atoms with Crippen LogP contribution in [0.4, 0.5) is 0 Å². The number of hydrazone groups is 1. The van der Waals surface area contributed by atoms with E-state index in [9.17, 15) is 9.90 Å². The molecule has 0 atom stereocenters. The van der Waals surface area contributed by atoms with Crippen LogP contribution >= 0.6 is 15.9 Å². The summed E-state index contributed by atoms with van der Waals surface area (Å²) in [5.41, 5.74) is 4.10. The second-order valence-corrected chi connectivity index (χ2v) is 5.38. The molecule has 2 N–H and O–H groups in total. The first-order valence-corrected chi connectivity index (χ1v) is 7.31. The fourth-order valence-electron chi connectivity index (χ4n) is 1.75. The maximum Gasteiger partial charge on any atom is 0.244 e. The zero-order valence-corrected chi connectivity index (χ0v) is 13.5. The van der Waals surface area contributed by atoms with Gasteiger partial charge in [-0.15, -0.1) is 0 Å². The van der Waals surface area contributed by atoms with E-state index in [-0.39, 0.29) is 18.1 Å². The number of carbonyl (C=O) groups is 1. The van der Waals surface area contributed by atoms with Gasteiger partial charge in [0.15, 0.2) is 0 Å². The molecule has 0 aliphatic heterocycles. The highest BCUT2D eigenvalue weighted by atomic mass is 79.9. The number of nitrogens with one attached hydrogen (secondary N) is 1. The fourth-order valence-corrected chi connectivity index (χ4v) is 2.15. The van der Waals surface area contributed by atoms with Crippen molar-refractivity contribution >= 4 is 28.1 Å². The van der Waals surface area contributed by atoms with Gasteiger partial charge in [-0.1, -0.05) is 12.1 Å². The quantitative estimate of drug-likeness (QED) is 0.634. The van der Waals surface area contributed by atoms with Gasteiger partial charge in [-0.3, -0.25) is 4.79 Å². The first kappa shape index (κ1) is 16.0. The normalized spacial score (nSPS) is 10.6. The summed E-state index contributed by atoms with van der Waals surface area (Å²) in [6.07, 6.45) is 1.75. The Morgan fingerprint density at radius 1 is 1.32 bits per heavy atom. The molecule has 2 rings (SSSR count). The van der Waals surface area contributed by atoms with E-state index in [2.05, 4.69) is 26.5 Å².